The van der Waals surface area contributed by atoms with Crippen molar-refractivity contribution in [2.24, 2.45) is 0 Å². The molecule has 2 nitrogen and oxygen atoms in total. The van der Waals surface area contributed by atoms with Crippen LogP contribution in [0.4, 0.5) is 0 Å². The number of hydrogen-bond donors (Lipinski definition) is 1. The lowest BCUT2D eigenvalue weighted by molar-refractivity contribution is -0.115. The van der Waals surface area contributed by atoms with E-state index in [2.05, 4.69) is 18.4 Å². The highest BCUT2D eigenvalue weighted by Gasteiger charge is 1.99. The number of ketones is 1. The van der Waals surface area contributed by atoms with E-state index < -0.39 is 0 Å². The molecule has 0 rings (SSSR count). The SMILES string of the molecule is C=C(C)C(=O)CCNC[SiH2]C. The quantitative estimate of drug-likeness (QED) is 0.353. The third-order valence-corrected chi connectivity index (χ3v) is 2.29. The minimum absolute atomic E-state index is 0.105. The average Bonchev–Trinajstić information content (AvgIpc) is 1.97. The topological polar surface area (TPSA) is 29.1 Å². The summed E-state index contributed by atoms with van der Waals surface area (Å²) in [6, 6.07) is 0. The Morgan fingerprint density at radius 1 is 1.64 bits per heavy atom. The molecular formula is C8H17NOSi. The zero-order valence-electron chi connectivity index (χ0n) is 7.44. The molecular weight excluding hydrogens is 154 g/mol. The Balaban J connectivity index is 3.25. The molecule has 0 amide bonds. The summed E-state index contributed by atoms with van der Waals surface area (Å²) in [5.41, 5.74) is 0.667. The first-order valence-electron chi connectivity index (χ1n) is 4.08. The second-order valence-electron chi connectivity index (χ2n) is 2.70. The van der Waals surface area contributed by atoms with E-state index in [0.29, 0.717) is 12.0 Å². The molecule has 0 unspecified atom stereocenters. The van der Waals surface area contributed by atoms with Gasteiger partial charge in [0.1, 0.15) is 0 Å². The fraction of sp³-hybridized carbons (Fsp3) is 0.625. The highest BCUT2D eigenvalue weighted by Crippen LogP contribution is 1.92. The number of rotatable bonds is 6. The average molecular weight is 171 g/mol. The molecule has 3 heteroatoms. The Hall–Kier alpha value is -0.413. The molecule has 0 radical (unpaired) electrons. The Morgan fingerprint density at radius 3 is 2.73 bits per heavy atom. The van der Waals surface area contributed by atoms with Gasteiger partial charge in [-0.05, 0) is 18.7 Å². The summed E-state index contributed by atoms with van der Waals surface area (Å²) in [6.07, 6.45) is 1.73. The van der Waals surface area contributed by atoms with Gasteiger partial charge >= 0.3 is 0 Å². The van der Waals surface area contributed by atoms with Gasteiger partial charge < -0.3 is 5.32 Å². The highest BCUT2D eigenvalue weighted by molar-refractivity contribution is 6.33. The normalized spacial score (nSPS) is 10.7. The standard InChI is InChI=1S/C8H17NOSi/c1-7(2)8(10)4-5-9-6-11-3/h9H,1,4-6,11H2,2-3H3. The number of carbonyl (C=O) groups is 1. The molecule has 0 heterocycles. The van der Waals surface area contributed by atoms with E-state index in [9.17, 15) is 4.79 Å². The number of hydrogen-bond acceptors (Lipinski definition) is 2. The van der Waals surface area contributed by atoms with E-state index in [1.54, 1.807) is 6.92 Å². The molecule has 0 atom stereocenters. The fourth-order valence-corrected chi connectivity index (χ4v) is 1.32. The molecule has 0 saturated heterocycles. The monoisotopic (exact) mass is 171 g/mol. The minimum atomic E-state index is 0.105. The van der Waals surface area contributed by atoms with Crippen molar-refractivity contribution in [3.8, 4) is 0 Å². The van der Waals surface area contributed by atoms with Gasteiger partial charge in [0, 0.05) is 22.5 Å². The number of Topliss-reactive ketones (excluding diaryl/α,β-unsaturated/α-hetero) is 1. The third-order valence-electron chi connectivity index (χ3n) is 1.43. The van der Waals surface area contributed by atoms with Gasteiger partial charge in [-0.15, -0.1) is 0 Å². The summed E-state index contributed by atoms with van der Waals surface area (Å²) < 4.78 is 0. The maximum atomic E-state index is 11.0. The molecule has 0 fully saturated rings. The summed E-state index contributed by atoms with van der Waals surface area (Å²) in [5, 5.41) is 3.22. The molecule has 0 aromatic carbocycles. The van der Waals surface area contributed by atoms with Crippen LogP contribution in [0.5, 0.6) is 0 Å². The van der Waals surface area contributed by atoms with Gasteiger partial charge in [0.25, 0.3) is 0 Å². The maximum absolute atomic E-state index is 11.0. The van der Waals surface area contributed by atoms with E-state index in [4.69, 9.17) is 0 Å². The molecule has 0 aromatic rings. The molecule has 64 valence electrons. The van der Waals surface area contributed by atoms with Crippen molar-refractivity contribution in [2.45, 2.75) is 19.9 Å². The van der Waals surface area contributed by atoms with Crippen molar-refractivity contribution in [2.75, 3.05) is 12.7 Å². The molecule has 0 saturated carbocycles. The van der Waals surface area contributed by atoms with E-state index in [1.165, 1.54) is 0 Å². The Morgan fingerprint density at radius 2 is 2.27 bits per heavy atom. The fourth-order valence-electron chi connectivity index (χ4n) is 0.717. The van der Waals surface area contributed by atoms with Crippen LogP contribution in [0, 0.1) is 0 Å². The van der Waals surface area contributed by atoms with Gasteiger partial charge in [0.2, 0.25) is 0 Å². The first-order valence-corrected chi connectivity index (χ1v) is 6.49. The Bertz CT molecular complexity index is 145. The van der Waals surface area contributed by atoms with Crippen LogP contribution in [0.15, 0.2) is 12.2 Å². The van der Waals surface area contributed by atoms with Gasteiger partial charge in [-0.2, -0.15) is 0 Å². The Labute approximate surface area is 70.9 Å². The molecule has 0 aliphatic rings. The second kappa shape index (κ2) is 6.31. The predicted molar refractivity (Wildman–Crippen MR) is 51.7 cm³/mol. The maximum Gasteiger partial charge on any atom is 0.159 e. The van der Waals surface area contributed by atoms with Gasteiger partial charge in [-0.3, -0.25) is 4.79 Å². The lowest BCUT2D eigenvalue weighted by atomic mass is 10.2. The van der Waals surface area contributed by atoms with Gasteiger partial charge in [0.05, 0.1) is 0 Å². The van der Waals surface area contributed by atoms with Crippen LogP contribution >= 0.6 is 0 Å². The van der Waals surface area contributed by atoms with Crippen LogP contribution in [0.3, 0.4) is 0 Å². The largest absolute Gasteiger partial charge is 0.320 e. The van der Waals surface area contributed by atoms with Crippen LogP contribution in [-0.4, -0.2) is 28.0 Å². The van der Waals surface area contributed by atoms with Crippen LogP contribution in [0.2, 0.25) is 6.55 Å². The zero-order chi connectivity index (χ0) is 8.69. The van der Waals surface area contributed by atoms with Crippen molar-refractivity contribution in [1.82, 2.24) is 5.32 Å². The minimum Gasteiger partial charge on any atom is -0.320 e. The van der Waals surface area contributed by atoms with Crippen LogP contribution in [0.1, 0.15) is 13.3 Å². The number of carbonyl (C=O) groups excluding carboxylic acids is 1. The smallest absolute Gasteiger partial charge is 0.159 e. The first-order chi connectivity index (χ1) is 5.18. The van der Waals surface area contributed by atoms with Crippen molar-refractivity contribution >= 4 is 15.3 Å². The molecule has 0 aliphatic carbocycles. The molecule has 0 spiro atoms. The molecule has 1 N–H and O–H groups in total. The van der Waals surface area contributed by atoms with Crippen molar-refractivity contribution in [3.05, 3.63) is 12.2 Å². The summed E-state index contributed by atoms with van der Waals surface area (Å²) >= 11 is 0. The summed E-state index contributed by atoms with van der Waals surface area (Å²) in [7, 11) is 0.105. The van der Waals surface area contributed by atoms with Crippen molar-refractivity contribution in [1.29, 1.82) is 0 Å². The number of allylic oxidation sites excluding steroid dienone is 1. The van der Waals surface area contributed by atoms with Gasteiger partial charge in [0.15, 0.2) is 5.78 Å². The highest BCUT2D eigenvalue weighted by atomic mass is 28.2. The predicted octanol–water partition coefficient (Wildman–Crippen LogP) is 0.286. The van der Waals surface area contributed by atoms with Gasteiger partial charge in [-0.25, -0.2) is 0 Å². The molecule has 0 bridgehead atoms. The van der Waals surface area contributed by atoms with Crippen LogP contribution < -0.4 is 5.32 Å². The van der Waals surface area contributed by atoms with E-state index >= 15 is 0 Å². The zero-order valence-corrected chi connectivity index (χ0v) is 8.86. The van der Waals surface area contributed by atoms with Crippen LogP contribution in [-0.2, 0) is 4.79 Å². The third kappa shape index (κ3) is 6.00. The second-order valence-corrected chi connectivity index (χ2v) is 4.20. The van der Waals surface area contributed by atoms with Crippen molar-refractivity contribution in [3.63, 3.8) is 0 Å². The molecule has 0 aliphatic heterocycles. The summed E-state index contributed by atoms with van der Waals surface area (Å²) in [4.78, 5) is 11.0. The van der Waals surface area contributed by atoms with Crippen LogP contribution in [0.25, 0.3) is 0 Å². The molecule has 11 heavy (non-hydrogen) atoms. The molecule has 0 aromatic heterocycles. The van der Waals surface area contributed by atoms with Gasteiger partial charge in [-0.1, -0.05) is 13.1 Å². The summed E-state index contributed by atoms with van der Waals surface area (Å²) in [6.45, 7) is 8.40. The lowest BCUT2D eigenvalue weighted by Crippen LogP contribution is -2.22. The van der Waals surface area contributed by atoms with E-state index in [0.717, 1.165) is 12.7 Å². The Kier molecular flexibility index (Phi) is 6.07. The number of nitrogens with one attached hydrogen (secondary N) is 1. The van der Waals surface area contributed by atoms with Crippen molar-refractivity contribution < 1.29 is 4.79 Å². The summed E-state index contributed by atoms with van der Waals surface area (Å²) in [5.74, 6) is 0.176. The van der Waals surface area contributed by atoms with E-state index in [-0.39, 0.29) is 15.3 Å². The van der Waals surface area contributed by atoms with E-state index in [1.807, 2.05) is 0 Å². The lowest BCUT2D eigenvalue weighted by Gasteiger charge is -2.00. The first kappa shape index (κ1) is 10.6.